The van der Waals surface area contributed by atoms with Gasteiger partial charge < -0.3 is 29.7 Å². The summed E-state index contributed by atoms with van der Waals surface area (Å²) in [6.07, 6.45) is 7.77. The molecule has 2 amide bonds. The van der Waals surface area contributed by atoms with Crippen LogP contribution in [0.2, 0.25) is 0 Å². The molecule has 0 atom stereocenters. The fourth-order valence-corrected chi connectivity index (χ4v) is 7.22. The van der Waals surface area contributed by atoms with Crippen LogP contribution in [0.15, 0.2) is 91.4 Å². The Morgan fingerprint density at radius 1 is 0.964 bits per heavy atom. The van der Waals surface area contributed by atoms with Crippen molar-refractivity contribution < 1.29 is 18.7 Å². The van der Waals surface area contributed by atoms with Crippen molar-refractivity contribution in [3.05, 3.63) is 114 Å². The first-order chi connectivity index (χ1) is 27.4. The quantitative estimate of drug-likeness (QED) is 0.179. The number of H-pyrrole nitrogens is 1. The van der Waals surface area contributed by atoms with Crippen LogP contribution in [0.25, 0.3) is 27.6 Å². The number of anilines is 3. The van der Waals surface area contributed by atoms with Crippen molar-refractivity contribution in [2.45, 2.75) is 19.4 Å². The fourth-order valence-electron chi connectivity index (χ4n) is 7.22. The number of nitriles is 1. The zero-order valence-electron chi connectivity index (χ0n) is 30.7. The Balaban J connectivity index is 1.03. The van der Waals surface area contributed by atoms with Crippen LogP contribution in [0, 0.1) is 17.1 Å². The molecule has 3 aromatic heterocycles. The zero-order chi connectivity index (χ0) is 38.6. The Hall–Kier alpha value is -7.08. The number of fused-ring (bicyclic) bond motifs is 1. The number of para-hydroxylation sites is 1. The van der Waals surface area contributed by atoms with Crippen molar-refractivity contribution in [2.24, 2.45) is 0 Å². The topological polar surface area (TPSA) is 161 Å². The summed E-state index contributed by atoms with van der Waals surface area (Å²) in [7, 11) is 1.59. The van der Waals surface area contributed by atoms with E-state index in [1.807, 2.05) is 36.4 Å². The summed E-state index contributed by atoms with van der Waals surface area (Å²) in [5.74, 6) is 0.976. The second-order valence-electron chi connectivity index (χ2n) is 13.5. The van der Waals surface area contributed by atoms with Gasteiger partial charge in [-0.1, -0.05) is 29.5 Å². The van der Waals surface area contributed by atoms with Crippen molar-refractivity contribution in [1.29, 1.82) is 5.26 Å². The molecule has 15 heteroatoms. The van der Waals surface area contributed by atoms with Crippen LogP contribution in [0.3, 0.4) is 0 Å². The number of nitrogens with one attached hydrogen (secondary N) is 2. The van der Waals surface area contributed by atoms with Crippen LogP contribution in [0.5, 0.6) is 5.75 Å². The Kier molecular flexibility index (Phi) is 10.1. The molecule has 0 radical (unpaired) electrons. The molecule has 0 saturated carbocycles. The van der Waals surface area contributed by atoms with E-state index in [4.69, 9.17) is 10.00 Å². The Labute approximate surface area is 321 Å². The average molecular weight is 752 g/mol. The van der Waals surface area contributed by atoms with Gasteiger partial charge in [-0.3, -0.25) is 14.3 Å². The number of carbonyl (C=O) groups is 2. The van der Waals surface area contributed by atoms with Crippen molar-refractivity contribution >= 4 is 45.7 Å². The number of methoxy groups -OCH3 is 1. The second-order valence-corrected chi connectivity index (χ2v) is 13.5. The molecule has 6 aromatic rings. The van der Waals surface area contributed by atoms with Gasteiger partial charge in [-0.05, 0) is 66.1 Å². The molecule has 0 bridgehead atoms. The predicted molar refractivity (Wildman–Crippen MR) is 209 cm³/mol. The first kappa shape index (κ1) is 35.9. The number of nitrogens with zero attached hydrogens (tertiary/aromatic N) is 9. The number of aromatic amines is 1. The van der Waals surface area contributed by atoms with E-state index in [9.17, 15) is 9.59 Å². The normalized spacial score (nSPS) is 14.4. The molecule has 5 heterocycles. The summed E-state index contributed by atoms with van der Waals surface area (Å²) in [6, 6.07) is 22.0. The summed E-state index contributed by atoms with van der Waals surface area (Å²) < 4.78 is 24.1. The number of ether oxygens (including phenoxy) is 1. The molecule has 2 aliphatic heterocycles. The number of aromatic nitrogens is 6. The van der Waals surface area contributed by atoms with Crippen LogP contribution in [-0.4, -0.2) is 97.9 Å². The molecular weight excluding hydrogens is 714 g/mol. The molecule has 14 nitrogen and oxygen atoms in total. The maximum atomic E-state index is 16.8. The van der Waals surface area contributed by atoms with Gasteiger partial charge in [0.05, 0.1) is 37.0 Å². The first-order valence-corrected chi connectivity index (χ1v) is 18.3. The first-order valence-electron chi connectivity index (χ1n) is 18.3. The number of halogens is 1. The van der Waals surface area contributed by atoms with Crippen molar-refractivity contribution in [2.75, 3.05) is 56.6 Å². The van der Waals surface area contributed by atoms with E-state index in [1.165, 1.54) is 0 Å². The highest BCUT2D eigenvalue weighted by Gasteiger charge is 2.28. The van der Waals surface area contributed by atoms with Crippen LogP contribution in [0.1, 0.15) is 34.5 Å². The van der Waals surface area contributed by atoms with E-state index < -0.39 is 5.82 Å². The highest BCUT2D eigenvalue weighted by molar-refractivity contribution is 6.05. The van der Waals surface area contributed by atoms with Gasteiger partial charge >= 0.3 is 0 Å². The Bertz CT molecular complexity index is 2470. The minimum Gasteiger partial charge on any atom is -0.496 e. The third-order valence-electron chi connectivity index (χ3n) is 10.2. The predicted octanol–water partition coefficient (Wildman–Crippen LogP) is 5.65. The molecule has 0 unspecified atom stereocenters. The van der Waals surface area contributed by atoms with Gasteiger partial charge in [0.25, 0.3) is 5.91 Å². The number of hydrogen-bond donors (Lipinski definition) is 2. The smallest absolute Gasteiger partial charge is 0.270 e. The van der Waals surface area contributed by atoms with E-state index in [0.29, 0.717) is 85.0 Å². The molecule has 8 rings (SSSR count). The number of amides is 2. The van der Waals surface area contributed by atoms with Gasteiger partial charge in [-0.25, -0.2) is 9.37 Å². The number of benzene rings is 3. The molecule has 0 aliphatic carbocycles. The molecule has 3 aromatic carbocycles. The highest BCUT2D eigenvalue weighted by atomic mass is 19.1. The number of piperazine rings is 1. The second kappa shape index (κ2) is 15.7. The van der Waals surface area contributed by atoms with E-state index in [0.717, 1.165) is 17.1 Å². The molecule has 2 N–H and O–H groups in total. The SMILES string of the molecule is COc1ccccc1-c1cc(C2=CCCN(C(=O)CCn3ccnn3)C2)c(F)c2[nH]c(C(=O)N3CCN(c4ccnc(Nc5ccc(C#N)cc5)n4)CC3)cc12. The third kappa shape index (κ3) is 7.36. The summed E-state index contributed by atoms with van der Waals surface area (Å²) in [5, 5.41) is 20.6. The molecule has 1 fully saturated rings. The van der Waals surface area contributed by atoms with Gasteiger partial charge in [0.1, 0.15) is 17.3 Å². The molecule has 0 spiro atoms. The van der Waals surface area contributed by atoms with E-state index in [1.54, 1.807) is 76.6 Å². The number of rotatable bonds is 10. The lowest BCUT2D eigenvalue weighted by Gasteiger charge is -2.35. The maximum absolute atomic E-state index is 16.8. The Morgan fingerprint density at radius 3 is 2.55 bits per heavy atom. The van der Waals surface area contributed by atoms with Gasteiger partial charge in [-0.2, -0.15) is 10.2 Å². The maximum Gasteiger partial charge on any atom is 0.270 e. The summed E-state index contributed by atoms with van der Waals surface area (Å²) in [6.45, 7) is 3.11. The molecule has 1 saturated heterocycles. The van der Waals surface area contributed by atoms with Gasteiger partial charge in [0.2, 0.25) is 11.9 Å². The van der Waals surface area contributed by atoms with Crippen LogP contribution in [0.4, 0.5) is 21.8 Å². The molecule has 56 heavy (non-hydrogen) atoms. The molecule has 282 valence electrons. The monoisotopic (exact) mass is 751 g/mol. The lowest BCUT2D eigenvalue weighted by molar-refractivity contribution is -0.131. The molecular formula is C41H38FN11O3. The van der Waals surface area contributed by atoms with E-state index >= 15 is 4.39 Å². The van der Waals surface area contributed by atoms with Gasteiger partial charge in [0.15, 0.2) is 5.82 Å². The van der Waals surface area contributed by atoms with Crippen molar-refractivity contribution in [1.82, 2.24) is 39.7 Å². The van der Waals surface area contributed by atoms with Crippen LogP contribution < -0.4 is 15.0 Å². The fraction of sp³-hybridized carbons (Fsp3) is 0.244. The van der Waals surface area contributed by atoms with E-state index in [2.05, 4.69) is 41.5 Å². The van der Waals surface area contributed by atoms with Crippen molar-refractivity contribution in [3.8, 4) is 22.9 Å². The Morgan fingerprint density at radius 2 is 1.79 bits per heavy atom. The van der Waals surface area contributed by atoms with Gasteiger partial charge in [-0.15, -0.1) is 5.10 Å². The van der Waals surface area contributed by atoms with Gasteiger partial charge in [0, 0.05) is 80.3 Å². The minimum atomic E-state index is -0.486. The lowest BCUT2D eigenvalue weighted by Crippen LogP contribution is -2.49. The van der Waals surface area contributed by atoms with Crippen molar-refractivity contribution in [3.63, 3.8) is 0 Å². The minimum absolute atomic E-state index is 0.0506. The van der Waals surface area contributed by atoms with E-state index in [-0.39, 0.29) is 36.0 Å². The average Bonchev–Trinajstić information content (AvgIpc) is 3.95. The molecule has 2 aliphatic rings. The van der Waals surface area contributed by atoms with Crippen LogP contribution in [-0.2, 0) is 11.3 Å². The highest BCUT2D eigenvalue weighted by Crippen LogP contribution is 2.40. The summed E-state index contributed by atoms with van der Waals surface area (Å²) in [5.41, 5.74) is 4.33. The number of hydrogen-bond acceptors (Lipinski definition) is 10. The summed E-state index contributed by atoms with van der Waals surface area (Å²) >= 11 is 0. The lowest BCUT2D eigenvalue weighted by atomic mass is 9.93. The summed E-state index contributed by atoms with van der Waals surface area (Å²) in [4.78, 5) is 45.0. The van der Waals surface area contributed by atoms with Crippen LogP contribution >= 0.6 is 0 Å². The third-order valence-corrected chi connectivity index (χ3v) is 10.2. The standard InChI is InChI=1S/C41H38FN11O3/c1-56-35-7-3-2-6-30(35)32-23-31(28-5-4-16-52(26-28)37(54)13-17-53-18-15-45-49-53)38(42)39-33(32)24-34(47-39)40(55)51-21-19-50(20-22-51)36-12-14-44-41(48-36)46-29-10-8-27(25-43)9-11-29/h2-3,5-12,14-15,18,23-24,47H,4,13,16-17,19-22,26H2,1H3,(H,44,46,48). The number of carbonyl (C=O) groups excluding carboxylic acids is 2. The largest absolute Gasteiger partial charge is 0.496 e. The zero-order valence-corrected chi connectivity index (χ0v) is 30.7. The number of aryl methyl sites for hydroxylation is 1.